The zero-order valence-corrected chi connectivity index (χ0v) is 26.7. The maximum absolute atomic E-state index is 14.4. The second kappa shape index (κ2) is 14.3. The molecular weight excluding hydrogens is 605 g/mol. The van der Waals surface area contributed by atoms with Crippen molar-refractivity contribution < 1.29 is 18.0 Å². The van der Waals surface area contributed by atoms with E-state index in [1.807, 2.05) is 74.5 Å². The Labute approximate surface area is 263 Å². The number of sulfonamides is 1. The Kier molecular flexibility index (Phi) is 10.7. The first-order valence-electron chi connectivity index (χ1n) is 14.0. The predicted molar refractivity (Wildman–Crippen MR) is 175 cm³/mol. The zero-order chi connectivity index (χ0) is 31.1. The van der Waals surface area contributed by atoms with E-state index in [2.05, 4.69) is 5.32 Å². The van der Waals surface area contributed by atoms with Crippen molar-refractivity contribution in [2.24, 2.45) is 0 Å². The Balaban J connectivity index is 1.81. The summed E-state index contributed by atoms with van der Waals surface area (Å²) in [6, 6.07) is 25.9. The van der Waals surface area contributed by atoms with E-state index in [4.69, 9.17) is 23.2 Å². The molecule has 2 amide bonds. The number of amides is 2. The van der Waals surface area contributed by atoms with Crippen LogP contribution in [-0.4, -0.2) is 50.0 Å². The molecule has 4 aromatic carbocycles. The number of hydrogen-bond acceptors (Lipinski definition) is 4. The third kappa shape index (κ3) is 8.28. The van der Waals surface area contributed by atoms with Gasteiger partial charge in [-0.25, -0.2) is 8.42 Å². The Bertz CT molecular complexity index is 1690. The molecule has 0 radical (unpaired) electrons. The second-order valence-electron chi connectivity index (χ2n) is 10.5. The molecule has 1 N–H and O–H groups in total. The Hall–Kier alpha value is -3.59. The number of benzene rings is 4. The van der Waals surface area contributed by atoms with Gasteiger partial charge >= 0.3 is 0 Å². The molecule has 0 aliphatic heterocycles. The van der Waals surface area contributed by atoms with Crippen LogP contribution in [0.2, 0.25) is 10.0 Å². The van der Waals surface area contributed by atoms with Crippen LogP contribution < -0.4 is 9.62 Å². The summed E-state index contributed by atoms with van der Waals surface area (Å²) in [7, 11) is -3.91. The van der Waals surface area contributed by atoms with Gasteiger partial charge in [0.05, 0.1) is 11.9 Å². The molecule has 0 spiro atoms. The lowest BCUT2D eigenvalue weighted by Gasteiger charge is -2.34. The zero-order valence-electron chi connectivity index (χ0n) is 24.3. The molecule has 10 heteroatoms. The molecule has 0 fully saturated rings. The molecule has 43 heavy (non-hydrogen) atoms. The highest BCUT2D eigenvalue weighted by atomic mass is 35.5. The maximum Gasteiger partial charge on any atom is 0.244 e. The highest BCUT2D eigenvalue weighted by Crippen LogP contribution is 2.29. The van der Waals surface area contributed by atoms with Crippen LogP contribution in [0.25, 0.3) is 10.8 Å². The standard InChI is InChI=1S/C33H35Cl2N3O4S/c1-4-23(2)36-33(40)31(19-24-11-6-5-7-12-24)37(21-26-17-18-27(34)20-29(26)35)32(39)22-38(43(3,41)42)30-16-10-14-25-13-8-9-15-28(25)30/h5-18,20,23,31H,4,19,21-22H2,1-3H3,(H,36,40). The van der Waals surface area contributed by atoms with E-state index < -0.39 is 28.5 Å². The van der Waals surface area contributed by atoms with Crippen molar-refractivity contribution in [1.82, 2.24) is 10.2 Å². The minimum Gasteiger partial charge on any atom is -0.352 e. The average molecular weight is 641 g/mol. The lowest BCUT2D eigenvalue weighted by molar-refractivity contribution is -0.140. The number of anilines is 1. The van der Waals surface area contributed by atoms with E-state index in [0.717, 1.165) is 21.5 Å². The van der Waals surface area contributed by atoms with Crippen LogP contribution in [-0.2, 0) is 32.6 Å². The second-order valence-corrected chi connectivity index (χ2v) is 13.3. The van der Waals surface area contributed by atoms with Gasteiger partial charge in [-0.05, 0) is 48.1 Å². The molecule has 0 heterocycles. The van der Waals surface area contributed by atoms with Crippen molar-refractivity contribution in [2.75, 3.05) is 17.1 Å². The van der Waals surface area contributed by atoms with Crippen molar-refractivity contribution >= 4 is 61.5 Å². The fraction of sp³-hybridized carbons (Fsp3) is 0.273. The first-order chi connectivity index (χ1) is 20.5. The van der Waals surface area contributed by atoms with Gasteiger partial charge in [0, 0.05) is 34.4 Å². The smallest absolute Gasteiger partial charge is 0.244 e. The number of fused-ring (bicyclic) bond motifs is 1. The van der Waals surface area contributed by atoms with Gasteiger partial charge in [-0.3, -0.25) is 13.9 Å². The minimum atomic E-state index is -3.91. The van der Waals surface area contributed by atoms with Gasteiger partial charge in [-0.1, -0.05) is 103 Å². The number of halogens is 2. The summed E-state index contributed by atoms with van der Waals surface area (Å²) in [4.78, 5) is 29.6. The SMILES string of the molecule is CCC(C)NC(=O)C(Cc1ccccc1)N(Cc1ccc(Cl)cc1Cl)C(=O)CN(c1cccc2ccccc12)S(C)(=O)=O. The fourth-order valence-electron chi connectivity index (χ4n) is 4.85. The highest BCUT2D eigenvalue weighted by molar-refractivity contribution is 7.92. The topological polar surface area (TPSA) is 86.8 Å². The molecule has 0 bridgehead atoms. The molecule has 0 aliphatic carbocycles. The lowest BCUT2D eigenvalue weighted by atomic mass is 10.0. The van der Waals surface area contributed by atoms with Gasteiger partial charge < -0.3 is 10.2 Å². The van der Waals surface area contributed by atoms with Gasteiger partial charge in [0.1, 0.15) is 12.6 Å². The maximum atomic E-state index is 14.4. The quantitative estimate of drug-likeness (QED) is 0.193. The lowest BCUT2D eigenvalue weighted by Crippen LogP contribution is -2.54. The van der Waals surface area contributed by atoms with Crippen molar-refractivity contribution in [3.8, 4) is 0 Å². The van der Waals surface area contributed by atoms with Crippen LogP contribution in [0.1, 0.15) is 31.4 Å². The summed E-state index contributed by atoms with van der Waals surface area (Å²) in [5.74, 6) is -0.891. The van der Waals surface area contributed by atoms with Gasteiger partial charge in [0.15, 0.2) is 0 Å². The Morgan fingerprint density at radius 1 is 0.907 bits per heavy atom. The van der Waals surface area contributed by atoms with Crippen LogP contribution >= 0.6 is 23.2 Å². The summed E-state index contributed by atoms with van der Waals surface area (Å²) in [5.41, 5.74) is 1.80. The molecule has 0 saturated carbocycles. The number of nitrogens with one attached hydrogen (secondary N) is 1. The molecule has 0 saturated heterocycles. The minimum absolute atomic E-state index is 0.0343. The number of carbonyl (C=O) groups excluding carboxylic acids is 2. The molecule has 226 valence electrons. The number of carbonyl (C=O) groups is 2. The Morgan fingerprint density at radius 2 is 1.58 bits per heavy atom. The summed E-state index contributed by atoms with van der Waals surface area (Å²) >= 11 is 12.7. The normalized spacial score (nSPS) is 12.9. The van der Waals surface area contributed by atoms with E-state index in [9.17, 15) is 18.0 Å². The molecule has 0 aliphatic rings. The fourth-order valence-corrected chi connectivity index (χ4v) is 6.18. The van der Waals surface area contributed by atoms with Crippen LogP contribution in [0.3, 0.4) is 0 Å². The largest absolute Gasteiger partial charge is 0.352 e. The average Bonchev–Trinajstić information content (AvgIpc) is 2.98. The third-order valence-electron chi connectivity index (χ3n) is 7.34. The van der Waals surface area contributed by atoms with E-state index >= 15 is 0 Å². The van der Waals surface area contributed by atoms with E-state index in [1.54, 1.807) is 30.3 Å². The monoisotopic (exact) mass is 639 g/mol. The van der Waals surface area contributed by atoms with E-state index in [0.29, 0.717) is 33.1 Å². The van der Waals surface area contributed by atoms with Crippen LogP contribution in [0.4, 0.5) is 5.69 Å². The van der Waals surface area contributed by atoms with Gasteiger partial charge in [0.25, 0.3) is 0 Å². The summed E-state index contributed by atoms with van der Waals surface area (Å²) < 4.78 is 27.5. The summed E-state index contributed by atoms with van der Waals surface area (Å²) in [6.07, 6.45) is 1.98. The van der Waals surface area contributed by atoms with Crippen LogP contribution in [0.5, 0.6) is 0 Å². The van der Waals surface area contributed by atoms with Gasteiger partial charge in [0.2, 0.25) is 21.8 Å². The van der Waals surface area contributed by atoms with Crippen molar-refractivity contribution in [1.29, 1.82) is 0 Å². The van der Waals surface area contributed by atoms with Crippen molar-refractivity contribution in [2.45, 2.75) is 45.3 Å². The first-order valence-corrected chi connectivity index (χ1v) is 16.6. The number of hydrogen-bond donors (Lipinski definition) is 1. The van der Waals surface area contributed by atoms with Crippen LogP contribution in [0, 0.1) is 0 Å². The molecule has 4 rings (SSSR count). The molecule has 2 atom stereocenters. The molecular formula is C33H35Cl2N3O4S. The third-order valence-corrected chi connectivity index (χ3v) is 9.06. The highest BCUT2D eigenvalue weighted by Gasteiger charge is 2.34. The number of rotatable bonds is 12. The summed E-state index contributed by atoms with van der Waals surface area (Å²) in [6.45, 7) is 3.31. The van der Waals surface area contributed by atoms with Crippen molar-refractivity contribution in [3.63, 3.8) is 0 Å². The van der Waals surface area contributed by atoms with Crippen LogP contribution in [0.15, 0.2) is 91.0 Å². The first kappa shape index (κ1) is 32.3. The Morgan fingerprint density at radius 3 is 2.26 bits per heavy atom. The summed E-state index contributed by atoms with van der Waals surface area (Å²) in [5, 5.41) is 5.30. The molecule has 0 aromatic heterocycles. The molecule has 7 nitrogen and oxygen atoms in total. The molecule has 4 aromatic rings. The van der Waals surface area contributed by atoms with Crippen molar-refractivity contribution in [3.05, 3.63) is 112 Å². The van der Waals surface area contributed by atoms with Gasteiger partial charge in [-0.15, -0.1) is 0 Å². The number of nitrogens with zero attached hydrogens (tertiary/aromatic N) is 2. The van der Waals surface area contributed by atoms with E-state index in [-0.39, 0.29) is 24.9 Å². The van der Waals surface area contributed by atoms with Gasteiger partial charge in [-0.2, -0.15) is 0 Å². The molecule has 2 unspecified atom stereocenters. The van der Waals surface area contributed by atoms with E-state index in [1.165, 1.54) is 4.90 Å². The predicted octanol–water partition coefficient (Wildman–Crippen LogP) is 6.47.